The van der Waals surface area contributed by atoms with Crippen molar-refractivity contribution in [3.05, 3.63) is 188 Å². The second-order valence-corrected chi connectivity index (χ2v) is 13.2. The lowest BCUT2D eigenvalue weighted by atomic mass is 10.0. The fourth-order valence-corrected chi connectivity index (χ4v) is 7.79. The van der Waals surface area contributed by atoms with E-state index in [1.807, 2.05) is 36.5 Å². The molecule has 3 aromatic heterocycles. The van der Waals surface area contributed by atoms with Crippen LogP contribution in [0.4, 0.5) is 0 Å². The van der Waals surface area contributed by atoms with Crippen molar-refractivity contribution >= 4 is 43.6 Å². The highest BCUT2D eigenvalue weighted by molar-refractivity contribution is 6.12. The fourth-order valence-electron chi connectivity index (χ4n) is 7.79. The molecule has 52 heavy (non-hydrogen) atoms. The Labute approximate surface area is 300 Å². The predicted molar refractivity (Wildman–Crippen MR) is 214 cm³/mol. The van der Waals surface area contributed by atoms with Gasteiger partial charge in [-0.2, -0.15) is 5.26 Å². The Bertz CT molecular complexity index is 3020. The monoisotopic (exact) mass is 662 g/mol. The molecule has 0 spiro atoms. The Morgan fingerprint density at radius 2 is 0.923 bits per heavy atom. The zero-order chi connectivity index (χ0) is 34.6. The number of hydrogen-bond donors (Lipinski definition) is 0. The van der Waals surface area contributed by atoms with Gasteiger partial charge in [0, 0.05) is 27.1 Å². The molecule has 4 nitrogen and oxygen atoms in total. The average molecular weight is 663 g/mol. The normalized spacial score (nSPS) is 11.4. The van der Waals surface area contributed by atoms with Crippen LogP contribution in [0.15, 0.2) is 182 Å². The Balaban J connectivity index is 1.28. The first-order valence-corrected chi connectivity index (χ1v) is 17.4. The van der Waals surface area contributed by atoms with Crippen LogP contribution in [0.2, 0.25) is 0 Å². The smallest absolute Gasteiger partial charge is 0.138 e. The number of rotatable bonds is 5. The maximum absolute atomic E-state index is 9.97. The molecule has 4 heteroatoms. The third-order valence-corrected chi connectivity index (χ3v) is 10.2. The largest absolute Gasteiger partial charge is 0.307 e. The van der Waals surface area contributed by atoms with Crippen molar-refractivity contribution in [3.8, 4) is 51.0 Å². The molecule has 10 rings (SSSR count). The van der Waals surface area contributed by atoms with Gasteiger partial charge in [0.05, 0.1) is 45.6 Å². The Morgan fingerprint density at radius 1 is 0.404 bits per heavy atom. The lowest BCUT2D eigenvalue weighted by Gasteiger charge is -2.17. The molecule has 0 amide bonds. The quantitative estimate of drug-likeness (QED) is 0.184. The van der Waals surface area contributed by atoms with Gasteiger partial charge in [-0.1, -0.05) is 133 Å². The van der Waals surface area contributed by atoms with Gasteiger partial charge in [-0.3, -0.25) is 4.57 Å². The van der Waals surface area contributed by atoms with E-state index in [-0.39, 0.29) is 0 Å². The lowest BCUT2D eigenvalue weighted by molar-refractivity contribution is 1.06. The molecule has 0 radical (unpaired) electrons. The number of pyridine rings is 1. The molecule has 0 aliphatic heterocycles. The van der Waals surface area contributed by atoms with Gasteiger partial charge in [0.2, 0.25) is 0 Å². The molecule has 0 atom stereocenters. The van der Waals surface area contributed by atoms with Crippen LogP contribution >= 0.6 is 0 Å². The van der Waals surface area contributed by atoms with Crippen molar-refractivity contribution in [2.24, 2.45) is 0 Å². The van der Waals surface area contributed by atoms with Crippen molar-refractivity contribution in [2.45, 2.75) is 0 Å². The summed E-state index contributed by atoms with van der Waals surface area (Å²) in [5.41, 5.74) is 12.5. The molecular weight excluding hydrogens is 633 g/mol. The number of fused-ring (bicyclic) bond motifs is 6. The number of benzene rings is 7. The zero-order valence-corrected chi connectivity index (χ0v) is 28.1. The van der Waals surface area contributed by atoms with Crippen molar-refractivity contribution < 1.29 is 0 Å². The van der Waals surface area contributed by atoms with Gasteiger partial charge in [0.25, 0.3) is 0 Å². The van der Waals surface area contributed by atoms with E-state index in [1.165, 1.54) is 27.1 Å². The van der Waals surface area contributed by atoms with Crippen LogP contribution < -0.4 is 0 Å². The number of hydrogen-bond acceptors (Lipinski definition) is 2. The van der Waals surface area contributed by atoms with Crippen molar-refractivity contribution in [2.75, 3.05) is 0 Å². The minimum atomic E-state index is 0.611. The summed E-state index contributed by atoms with van der Waals surface area (Å²) in [6.07, 6.45) is 2.01. The molecule has 7 aromatic carbocycles. The summed E-state index contributed by atoms with van der Waals surface area (Å²) < 4.78 is 4.61. The summed E-state index contributed by atoms with van der Waals surface area (Å²) >= 11 is 0. The molecule has 0 fully saturated rings. The van der Waals surface area contributed by atoms with Gasteiger partial charge in [-0.25, -0.2) is 4.98 Å². The van der Waals surface area contributed by atoms with Gasteiger partial charge in [-0.15, -0.1) is 0 Å². The van der Waals surface area contributed by atoms with E-state index in [0.29, 0.717) is 5.56 Å². The minimum absolute atomic E-state index is 0.611. The second-order valence-electron chi connectivity index (χ2n) is 13.2. The van der Waals surface area contributed by atoms with E-state index in [4.69, 9.17) is 4.98 Å². The van der Waals surface area contributed by atoms with Crippen molar-refractivity contribution in [1.29, 1.82) is 5.26 Å². The SMILES string of the molecule is N#Cc1cccc(-c2cc(-n3c4ccccc4c4ccc(-c5ccccc5)cc43)ncc2-n2c3ccccc3c3ccc(-c4ccccc4)cc32)c1. The fraction of sp³-hybridized carbons (Fsp3) is 0. The van der Waals surface area contributed by atoms with Gasteiger partial charge >= 0.3 is 0 Å². The molecule has 0 aliphatic carbocycles. The topological polar surface area (TPSA) is 46.5 Å². The van der Waals surface area contributed by atoms with E-state index < -0.39 is 0 Å². The van der Waals surface area contributed by atoms with Gasteiger partial charge in [0.1, 0.15) is 5.82 Å². The van der Waals surface area contributed by atoms with Crippen molar-refractivity contribution in [1.82, 2.24) is 14.1 Å². The summed E-state index contributed by atoms with van der Waals surface area (Å²) in [6, 6.07) is 64.0. The summed E-state index contributed by atoms with van der Waals surface area (Å²) in [6.45, 7) is 0. The molecule has 0 saturated carbocycles. The molecule has 3 heterocycles. The van der Waals surface area contributed by atoms with E-state index in [9.17, 15) is 5.26 Å². The highest BCUT2D eigenvalue weighted by Gasteiger charge is 2.20. The molecule has 0 N–H and O–H groups in total. The number of nitrogens with zero attached hydrogens (tertiary/aromatic N) is 4. The Hall–Kier alpha value is -7.22. The molecule has 0 unspecified atom stereocenters. The summed E-state index contributed by atoms with van der Waals surface area (Å²) in [7, 11) is 0. The maximum Gasteiger partial charge on any atom is 0.138 e. The second kappa shape index (κ2) is 12.0. The van der Waals surface area contributed by atoms with Gasteiger partial charge in [0.15, 0.2) is 0 Å². The minimum Gasteiger partial charge on any atom is -0.307 e. The van der Waals surface area contributed by atoms with Crippen LogP contribution in [0.3, 0.4) is 0 Å². The molecule has 242 valence electrons. The summed E-state index contributed by atoms with van der Waals surface area (Å²) in [4.78, 5) is 5.28. The Kier molecular flexibility index (Phi) is 6.84. The highest BCUT2D eigenvalue weighted by atomic mass is 15.1. The van der Waals surface area contributed by atoms with Crippen LogP contribution in [-0.2, 0) is 0 Å². The highest BCUT2D eigenvalue weighted by Crippen LogP contribution is 2.40. The van der Waals surface area contributed by atoms with E-state index in [1.54, 1.807) is 0 Å². The van der Waals surface area contributed by atoms with Crippen LogP contribution in [-0.4, -0.2) is 14.1 Å². The van der Waals surface area contributed by atoms with Gasteiger partial charge in [-0.05, 0) is 70.3 Å². The first-order valence-electron chi connectivity index (χ1n) is 17.4. The molecule has 0 bridgehead atoms. The number of aromatic nitrogens is 3. The van der Waals surface area contributed by atoms with Crippen LogP contribution in [0.5, 0.6) is 0 Å². The van der Waals surface area contributed by atoms with E-state index >= 15 is 0 Å². The first kappa shape index (κ1) is 29.7. The zero-order valence-electron chi connectivity index (χ0n) is 28.1. The standard InChI is InChI=1S/C48H30N4/c49-30-32-12-11-17-37(26-32)42-29-48(52-44-21-10-8-19-39(44)41-25-23-36(28-46(41)52)34-15-5-2-6-16-34)50-31-47(42)51-43-20-9-7-18-38(43)40-24-22-35(27-45(40)51)33-13-3-1-4-14-33/h1-29,31H. The van der Waals surface area contributed by atoms with Crippen LogP contribution in [0.25, 0.3) is 88.5 Å². The summed E-state index contributed by atoms with van der Waals surface area (Å²) in [5, 5.41) is 14.7. The first-order chi connectivity index (χ1) is 25.7. The molecule has 0 saturated heterocycles. The number of para-hydroxylation sites is 2. The third kappa shape index (κ3) is 4.72. The molecular formula is C48H30N4. The van der Waals surface area contributed by atoms with Crippen molar-refractivity contribution in [3.63, 3.8) is 0 Å². The lowest BCUT2D eigenvalue weighted by Crippen LogP contribution is -2.03. The van der Waals surface area contributed by atoms with Crippen LogP contribution in [0.1, 0.15) is 5.56 Å². The van der Waals surface area contributed by atoms with E-state index in [0.717, 1.165) is 61.4 Å². The van der Waals surface area contributed by atoms with Crippen LogP contribution in [0, 0.1) is 11.3 Å². The molecule has 10 aromatic rings. The Morgan fingerprint density at radius 3 is 1.54 bits per heavy atom. The average Bonchev–Trinajstić information content (AvgIpc) is 3.73. The van der Waals surface area contributed by atoms with E-state index in [2.05, 4.69) is 161 Å². The van der Waals surface area contributed by atoms with Gasteiger partial charge < -0.3 is 4.57 Å². The molecule has 0 aliphatic rings. The third-order valence-electron chi connectivity index (χ3n) is 10.2. The predicted octanol–water partition coefficient (Wildman–Crippen LogP) is 12.1. The number of nitriles is 1. The maximum atomic E-state index is 9.97. The summed E-state index contributed by atoms with van der Waals surface area (Å²) in [5.74, 6) is 0.809.